The fourth-order valence-corrected chi connectivity index (χ4v) is 2.48. The normalized spacial score (nSPS) is 18.7. The molecule has 0 aromatic rings. The molecular weight excluding hydrogens is 250 g/mol. The molecule has 1 saturated heterocycles. The molecule has 3 nitrogen and oxygen atoms in total. The van der Waals surface area contributed by atoms with Crippen LogP contribution in [0.1, 0.15) is 33.6 Å². The van der Waals surface area contributed by atoms with E-state index in [-0.39, 0.29) is 11.8 Å². The second-order valence-electron chi connectivity index (χ2n) is 4.59. The molecule has 0 aromatic carbocycles. The molecule has 1 heterocycles. The minimum absolute atomic E-state index is 0.152. The standard InChI is InChI=1S/C15H23NO2.C2H6/c1-5-7-13(6-2)15(12(3)17)16-10-8-14(18-4)9-11-16;1-2/h5-7,14-15H,1-2,8-11H2,3-4H3;1-2H3/b13-7+;. The Hall–Kier alpha value is -1.19. The van der Waals surface area contributed by atoms with Gasteiger partial charge in [-0.1, -0.05) is 45.2 Å². The van der Waals surface area contributed by atoms with Gasteiger partial charge in [0.15, 0.2) is 5.78 Å². The lowest BCUT2D eigenvalue weighted by Gasteiger charge is -2.36. The molecule has 0 aliphatic carbocycles. The molecule has 0 aromatic heterocycles. The van der Waals surface area contributed by atoms with E-state index in [2.05, 4.69) is 18.1 Å². The highest BCUT2D eigenvalue weighted by atomic mass is 16.5. The van der Waals surface area contributed by atoms with Gasteiger partial charge in [-0.15, -0.1) is 0 Å². The summed E-state index contributed by atoms with van der Waals surface area (Å²) in [6, 6.07) is -0.196. The average molecular weight is 279 g/mol. The van der Waals surface area contributed by atoms with Gasteiger partial charge in [-0.3, -0.25) is 9.69 Å². The minimum atomic E-state index is -0.196. The number of ether oxygens (including phenoxy) is 1. The topological polar surface area (TPSA) is 29.5 Å². The van der Waals surface area contributed by atoms with Gasteiger partial charge in [-0.25, -0.2) is 0 Å². The zero-order chi connectivity index (χ0) is 15.5. The molecule has 1 aliphatic rings. The summed E-state index contributed by atoms with van der Waals surface area (Å²) in [6.45, 7) is 14.9. The molecule has 0 N–H and O–H groups in total. The van der Waals surface area contributed by atoms with E-state index in [1.807, 2.05) is 19.9 Å². The van der Waals surface area contributed by atoms with Crippen molar-refractivity contribution in [3.8, 4) is 0 Å². The third-order valence-electron chi connectivity index (χ3n) is 3.42. The molecule has 0 bridgehead atoms. The summed E-state index contributed by atoms with van der Waals surface area (Å²) >= 11 is 0. The van der Waals surface area contributed by atoms with Crippen LogP contribution in [-0.2, 0) is 9.53 Å². The highest BCUT2D eigenvalue weighted by molar-refractivity contribution is 5.85. The Labute approximate surface area is 124 Å². The van der Waals surface area contributed by atoms with Crippen LogP contribution in [0.4, 0.5) is 0 Å². The van der Waals surface area contributed by atoms with Crippen LogP contribution < -0.4 is 0 Å². The van der Waals surface area contributed by atoms with Gasteiger partial charge >= 0.3 is 0 Å². The number of likely N-dealkylation sites (tertiary alicyclic amines) is 1. The van der Waals surface area contributed by atoms with Crippen molar-refractivity contribution in [1.82, 2.24) is 4.90 Å². The molecule has 20 heavy (non-hydrogen) atoms. The van der Waals surface area contributed by atoms with Gasteiger partial charge in [-0.05, 0) is 25.3 Å². The molecule has 0 radical (unpaired) electrons. The van der Waals surface area contributed by atoms with Crippen LogP contribution in [0, 0.1) is 0 Å². The van der Waals surface area contributed by atoms with Crippen LogP contribution in [0.15, 0.2) is 37.0 Å². The zero-order valence-corrected chi connectivity index (χ0v) is 13.4. The van der Waals surface area contributed by atoms with Gasteiger partial charge < -0.3 is 4.74 Å². The Morgan fingerprint density at radius 3 is 2.20 bits per heavy atom. The fraction of sp³-hybridized carbons (Fsp3) is 0.588. The molecular formula is C17H29NO2. The molecule has 114 valence electrons. The number of ketones is 1. The van der Waals surface area contributed by atoms with Crippen LogP contribution in [0.2, 0.25) is 0 Å². The molecule has 1 unspecified atom stereocenters. The third kappa shape index (κ3) is 5.43. The average Bonchev–Trinajstić information content (AvgIpc) is 2.49. The lowest BCUT2D eigenvalue weighted by Crippen LogP contribution is -2.47. The molecule has 0 amide bonds. The van der Waals surface area contributed by atoms with Crippen molar-refractivity contribution < 1.29 is 9.53 Å². The van der Waals surface area contributed by atoms with E-state index in [1.165, 1.54) is 0 Å². The summed E-state index contributed by atoms with van der Waals surface area (Å²) in [5.41, 5.74) is 0.924. The number of carbonyl (C=O) groups excluding carboxylic acids is 1. The number of rotatable bonds is 6. The SMILES string of the molecule is C=C/C=C(\C=C)C(C(C)=O)N1CCC(OC)CC1.CC. The Kier molecular flexibility index (Phi) is 9.95. The lowest BCUT2D eigenvalue weighted by atomic mass is 9.97. The Morgan fingerprint density at radius 2 is 1.85 bits per heavy atom. The minimum Gasteiger partial charge on any atom is -0.381 e. The predicted molar refractivity (Wildman–Crippen MR) is 85.9 cm³/mol. The van der Waals surface area contributed by atoms with Crippen molar-refractivity contribution in [2.24, 2.45) is 0 Å². The smallest absolute Gasteiger partial charge is 0.151 e. The number of carbonyl (C=O) groups is 1. The maximum absolute atomic E-state index is 11.9. The maximum atomic E-state index is 11.9. The largest absolute Gasteiger partial charge is 0.381 e. The van der Waals surface area contributed by atoms with Crippen LogP contribution in [0.5, 0.6) is 0 Å². The van der Waals surface area contributed by atoms with Crippen molar-refractivity contribution in [3.63, 3.8) is 0 Å². The number of allylic oxidation sites excluding steroid dienone is 2. The number of hydrogen-bond acceptors (Lipinski definition) is 3. The predicted octanol–water partition coefficient (Wildman–Crippen LogP) is 3.38. The first kappa shape index (κ1) is 18.8. The monoisotopic (exact) mass is 279 g/mol. The summed E-state index contributed by atoms with van der Waals surface area (Å²) in [5.74, 6) is 0.152. The van der Waals surface area contributed by atoms with Crippen LogP contribution in [-0.4, -0.2) is 43.0 Å². The summed E-state index contributed by atoms with van der Waals surface area (Å²) in [6.07, 6.45) is 7.58. The summed E-state index contributed by atoms with van der Waals surface area (Å²) in [4.78, 5) is 14.1. The van der Waals surface area contributed by atoms with E-state index in [1.54, 1.807) is 26.2 Å². The van der Waals surface area contributed by atoms with Crippen molar-refractivity contribution >= 4 is 5.78 Å². The van der Waals surface area contributed by atoms with Gasteiger partial charge in [-0.2, -0.15) is 0 Å². The molecule has 1 aliphatic heterocycles. The third-order valence-corrected chi connectivity index (χ3v) is 3.42. The van der Waals surface area contributed by atoms with E-state index < -0.39 is 0 Å². The number of Topliss-reactive ketones (excluding diaryl/α,β-unsaturated/α-hetero) is 1. The second kappa shape index (κ2) is 10.6. The fourth-order valence-electron chi connectivity index (χ4n) is 2.48. The van der Waals surface area contributed by atoms with E-state index in [4.69, 9.17) is 4.74 Å². The summed E-state index contributed by atoms with van der Waals surface area (Å²) in [7, 11) is 1.75. The van der Waals surface area contributed by atoms with Crippen LogP contribution in [0.25, 0.3) is 0 Å². The van der Waals surface area contributed by atoms with Crippen molar-refractivity contribution in [2.75, 3.05) is 20.2 Å². The van der Waals surface area contributed by atoms with Crippen LogP contribution >= 0.6 is 0 Å². The lowest BCUT2D eigenvalue weighted by molar-refractivity contribution is -0.121. The van der Waals surface area contributed by atoms with Gasteiger partial charge in [0.05, 0.1) is 12.1 Å². The first-order valence-corrected chi connectivity index (χ1v) is 7.36. The highest BCUT2D eigenvalue weighted by Gasteiger charge is 2.29. The van der Waals surface area contributed by atoms with Gasteiger partial charge in [0.2, 0.25) is 0 Å². The molecule has 3 heteroatoms. The second-order valence-corrected chi connectivity index (χ2v) is 4.59. The number of hydrogen-bond donors (Lipinski definition) is 0. The van der Waals surface area contributed by atoms with E-state index >= 15 is 0 Å². The molecule has 1 atom stereocenters. The molecule has 1 rings (SSSR count). The van der Waals surface area contributed by atoms with E-state index in [0.29, 0.717) is 6.10 Å². The van der Waals surface area contributed by atoms with E-state index in [0.717, 1.165) is 31.5 Å². The Bertz CT molecular complexity index is 339. The Balaban J connectivity index is 0.00000172. The first-order chi connectivity index (χ1) is 9.63. The summed E-state index contributed by atoms with van der Waals surface area (Å²) < 4.78 is 5.35. The Morgan fingerprint density at radius 1 is 1.30 bits per heavy atom. The van der Waals surface area contributed by atoms with Crippen LogP contribution in [0.3, 0.4) is 0 Å². The number of nitrogens with zero attached hydrogens (tertiary/aromatic N) is 1. The van der Waals surface area contributed by atoms with Crippen molar-refractivity contribution in [3.05, 3.63) is 37.0 Å². The maximum Gasteiger partial charge on any atom is 0.151 e. The molecule has 1 fully saturated rings. The van der Waals surface area contributed by atoms with Crippen molar-refractivity contribution in [1.29, 1.82) is 0 Å². The molecule has 0 saturated carbocycles. The number of piperidine rings is 1. The number of methoxy groups -OCH3 is 1. The van der Waals surface area contributed by atoms with Crippen molar-refractivity contribution in [2.45, 2.75) is 45.8 Å². The zero-order valence-electron chi connectivity index (χ0n) is 13.4. The van der Waals surface area contributed by atoms with Gasteiger partial charge in [0.25, 0.3) is 0 Å². The first-order valence-electron chi connectivity index (χ1n) is 7.36. The molecule has 0 spiro atoms. The van der Waals surface area contributed by atoms with E-state index in [9.17, 15) is 4.79 Å². The summed E-state index contributed by atoms with van der Waals surface area (Å²) in [5, 5.41) is 0. The highest BCUT2D eigenvalue weighted by Crippen LogP contribution is 2.20. The van der Waals surface area contributed by atoms with Gasteiger partial charge in [0.1, 0.15) is 0 Å². The quantitative estimate of drug-likeness (QED) is 0.698. The van der Waals surface area contributed by atoms with Gasteiger partial charge in [0, 0.05) is 20.2 Å².